The first-order valence-corrected chi connectivity index (χ1v) is 9.27. The Labute approximate surface area is 164 Å². The third-order valence-corrected chi connectivity index (χ3v) is 5.25. The van der Waals surface area contributed by atoms with E-state index in [0.717, 1.165) is 30.9 Å². The van der Waals surface area contributed by atoms with Crippen molar-refractivity contribution in [3.8, 4) is 17.3 Å². The molecule has 148 valence electrons. The van der Waals surface area contributed by atoms with Crippen LogP contribution in [0.3, 0.4) is 0 Å². The summed E-state index contributed by atoms with van der Waals surface area (Å²) in [6, 6.07) is 5.18. The molecule has 8 nitrogen and oxygen atoms in total. The van der Waals surface area contributed by atoms with Gasteiger partial charge in [0.05, 0.1) is 5.56 Å². The second-order valence-electron chi connectivity index (χ2n) is 7.04. The molecule has 0 bridgehead atoms. The van der Waals surface area contributed by atoms with Gasteiger partial charge >= 0.3 is 0 Å². The molecule has 0 radical (unpaired) electrons. The Bertz CT molecular complexity index is 1200. The minimum absolute atomic E-state index is 0.113. The highest BCUT2D eigenvalue weighted by Gasteiger charge is 2.26. The zero-order chi connectivity index (χ0) is 20.0. The summed E-state index contributed by atoms with van der Waals surface area (Å²) >= 11 is 0. The highest BCUT2D eigenvalue weighted by molar-refractivity contribution is 5.60. The molecule has 1 fully saturated rings. The van der Waals surface area contributed by atoms with E-state index in [1.165, 1.54) is 23.0 Å². The van der Waals surface area contributed by atoms with E-state index in [-0.39, 0.29) is 18.0 Å². The van der Waals surface area contributed by atoms with Crippen LogP contribution < -0.4 is 4.74 Å². The first-order chi connectivity index (χ1) is 14.1. The monoisotopic (exact) mass is 397 g/mol. The van der Waals surface area contributed by atoms with Crippen LogP contribution in [0.4, 0.5) is 8.78 Å². The van der Waals surface area contributed by atoms with Crippen molar-refractivity contribution in [2.45, 2.75) is 31.8 Å². The quantitative estimate of drug-likeness (QED) is 0.515. The summed E-state index contributed by atoms with van der Waals surface area (Å²) in [5.41, 5.74) is 1.54. The summed E-state index contributed by atoms with van der Waals surface area (Å²) in [4.78, 5) is 4.16. The Balaban J connectivity index is 1.58. The molecule has 5 rings (SSSR count). The Morgan fingerprint density at radius 3 is 2.72 bits per heavy atom. The molecule has 0 atom stereocenters. The van der Waals surface area contributed by atoms with Crippen molar-refractivity contribution >= 4 is 5.65 Å². The zero-order valence-corrected chi connectivity index (χ0v) is 15.6. The summed E-state index contributed by atoms with van der Waals surface area (Å²) < 4.78 is 36.6. The van der Waals surface area contributed by atoms with E-state index in [2.05, 4.69) is 25.4 Å². The highest BCUT2D eigenvalue weighted by Crippen LogP contribution is 2.40. The lowest BCUT2D eigenvalue weighted by atomic mass is 9.80. The lowest BCUT2D eigenvalue weighted by molar-refractivity contribution is 0.263. The number of hydrogen-bond acceptors (Lipinski definition) is 6. The van der Waals surface area contributed by atoms with E-state index in [1.807, 2.05) is 6.07 Å². The van der Waals surface area contributed by atoms with Gasteiger partial charge in [0.1, 0.15) is 24.6 Å². The van der Waals surface area contributed by atoms with Gasteiger partial charge in [0.2, 0.25) is 5.88 Å². The second-order valence-corrected chi connectivity index (χ2v) is 7.04. The Hall–Kier alpha value is -3.43. The molecule has 3 aromatic heterocycles. The minimum Gasteiger partial charge on any atom is -0.468 e. The van der Waals surface area contributed by atoms with Crippen LogP contribution in [0.15, 0.2) is 30.6 Å². The molecule has 0 spiro atoms. The maximum atomic E-state index is 14.3. The molecule has 0 N–H and O–H groups in total. The second kappa shape index (κ2) is 6.87. The van der Waals surface area contributed by atoms with E-state index in [4.69, 9.17) is 4.74 Å². The number of hydrogen-bond donors (Lipinski definition) is 0. The molecule has 0 amide bonds. The predicted molar refractivity (Wildman–Crippen MR) is 98.1 cm³/mol. The number of aryl methyl sites for hydroxylation is 1. The molecule has 1 aliphatic rings. The Morgan fingerprint density at radius 2 is 2.03 bits per heavy atom. The van der Waals surface area contributed by atoms with Crippen LogP contribution in [0, 0.1) is 11.6 Å². The van der Waals surface area contributed by atoms with Crippen molar-refractivity contribution in [1.82, 2.24) is 34.6 Å². The standard InChI is InChI=1S/C19H17F2N7O/c1-27-17(22-10-23-27)9-29-19-14(11-3-2-4-11)8-16-24-25-18(28(16)26-19)13-6-5-12(20)7-15(13)21/h5-8,10-11H,2-4,9H2,1H3. The maximum Gasteiger partial charge on any atom is 0.235 e. The van der Waals surface area contributed by atoms with Crippen LogP contribution >= 0.6 is 0 Å². The third kappa shape index (κ3) is 3.10. The van der Waals surface area contributed by atoms with E-state index in [1.54, 1.807) is 11.7 Å². The molecule has 29 heavy (non-hydrogen) atoms. The van der Waals surface area contributed by atoms with Gasteiger partial charge in [-0.25, -0.2) is 13.8 Å². The van der Waals surface area contributed by atoms with Crippen molar-refractivity contribution in [2.24, 2.45) is 7.05 Å². The molecule has 1 aromatic carbocycles. The van der Waals surface area contributed by atoms with Crippen LogP contribution in [0.5, 0.6) is 5.88 Å². The molecule has 10 heteroatoms. The first-order valence-electron chi connectivity index (χ1n) is 9.27. The normalized spacial score (nSPS) is 14.3. The topological polar surface area (TPSA) is 83.0 Å². The average Bonchev–Trinajstić information content (AvgIpc) is 3.24. The number of halogens is 2. The number of ether oxygens (including phenoxy) is 1. The number of aromatic nitrogens is 7. The number of benzene rings is 1. The van der Waals surface area contributed by atoms with Crippen molar-refractivity contribution in [2.75, 3.05) is 0 Å². The molecular formula is C19H17F2N7O. The average molecular weight is 397 g/mol. The molecule has 3 heterocycles. The molecular weight excluding hydrogens is 380 g/mol. The van der Waals surface area contributed by atoms with Gasteiger partial charge < -0.3 is 4.74 Å². The minimum atomic E-state index is -0.731. The summed E-state index contributed by atoms with van der Waals surface area (Å²) in [5, 5.41) is 16.8. The SMILES string of the molecule is Cn1ncnc1COc1nn2c(-c3ccc(F)cc3F)nnc2cc1C1CCC1. The lowest BCUT2D eigenvalue weighted by Gasteiger charge is -2.26. The fourth-order valence-corrected chi connectivity index (χ4v) is 3.38. The van der Waals surface area contributed by atoms with Gasteiger partial charge in [0, 0.05) is 18.7 Å². The number of fused-ring (bicyclic) bond motifs is 1. The summed E-state index contributed by atoms with van der Waals surface area (Å²) in [6.45, 7) is 0.192. The molecule has 1 saturated carbocycles. The van der Waals surface area contributed by atoms with Crippen LogP contribution in [0.2, 0.25) is 0 Å². The first kappa shape index (κ1) is 17.7. The van der Waals surface area contributed by atoms with E-state index in [0.29, 0.717) is 23.3 Å². The molecule has 0 unspecified atom stereocenters. The van der Waals surface area contributed by atoms with Gasteiger partial charge in [0.25, 0.3) is 0 Å². The van der Waals surface area contributed by atoms with E-state index in [9.17, 15) is 8.78 Å². The van der Waals surface area contributed by atoms with Crippen LogP contribution in [-0.4, -0.2) is 34.6 Å². The van der Waals surface area contributed by atoms with Crippen molar-refractivity contribution < 1.29 is 13.5 Å². The fourth-order valence-electron chi connectivity index (χ4n) is 3.38. The van der Waals surface area contributed by atoms with Crippen LogP contribution in [-0.2, 0) is 13.7 Å². The smallest absolute Gasteiger partial charge is 0.235 e. The van der Waals surface area contributed by atoms with Crippen LogP contribution in [0.1, 0.15) is 36.6 Å². The van der Waals surface area contributed by atoms with Crippen molar-refractivity contribution in [1.29, 1.82) is 0 Å². The molecule has 4 aromatic rings. The van der Waals surface area contributed by atoms with Crippen LogP contribution in [0.25, 0.3) is 17.0 Å². The van der Waals surface area contributed by atoms with Crippen molar-refractivity contribution in [3.63, 3.8) is 0 Å². The van der Waals surface area contributed by atoms with Gasteiger partial charge in [-0.3, -0.25) is 4.68 Å². The summed E-state index contributed by atoms with van der Waals surface area (Å²) in [6.07, 6.45) is 4.70. The molecule has 0 aliphatic heterocycles. The van der Waals surface area contributed by atoms with Gasteiger partial charge in [-0.1, -0.05) is 6.42 Å². The van der Waals surface area contributed by atoms with Gasteiger partial charge in [-0.15, -0.1) is 15.3 Å². The van der Waals surface area contributed by atoms with Gasteiger partial charge in [-0.05, 0) is 37.0 Å². The van der Waals surface area contributed by atoms with E-state index >= 15 is 0 Å². The summed E-state index contributed by atoms with van der Waals surface area (Å²) in [7, 11) is 1.78. The molecule has 0 saturated heterocycles. The van der Waals surface area contributed by atoms with Gasteiger partial charge in [-0.2, -0.15) is 9.61 Å². The maximum absolute atomic E-state index is 14.3. The lowest BCUT2D eigenvalue weighted by Crippen LogP contribution is -2.14. The fraction of sp³-hybridized carbons (Fsp3) is 0.316. The zero-order valence-electron chi connectivity index (χ0n) is 15.6. The number of rotatable bonds is 5. The third-order valence-electron chi connectivity index (χ3n) is 5.25. The van der Waals surface area contributed by atoms with Crippen molar-refractivity contribution in [3.05, 3.63) is 53.6 Å². The summed E-state index contributed by atoms with van der Waals surface area (Å²) in [5.74, 6) is 0.207. The van der Waals surface area contributed by atoms with E-state index < -0.39 is 11.6 Å². The largest absolute Gasteiger partial charge is 0.468 e. The highest BCUT2D eigenvalue weighted by atomic mass is 19.1. The Kier molecular flexibility index (Phi) is 4.18. The predicted octanol–water partition coefficient (Wildman–Crippen LogP) is 3.04. The molecule has 1 aliphatic carbocycles. The van der Waals surface area contributed by atoms with Gasteiger partial charge in [0.15, 0.2) is 17.3 Å². The number of nitrogens with zero attached hydrogens (tertiary/aromatic N) is 7. The Morgan fingerprint density at radius 1 is 1.17 bits per heavy atom.